The van der Waals surface area contributed by atoms with E-state index in [4.69, 9.17) is 0 Å². The van der Waals surface area contributed by atoms with Crippen molar-refractivity contribution in [3.05, 3.63) is 18.3 Å². The van der Waals surface area contributed by atoms with Crippen LogP contribution < -0.4 is 4.90 Å². The van der Waals surface area contributed by atoms with Crippen LogP contribution in [0.5, 0.6) is 0 Å². The van der Waals surface area contributed by atoms with Gasteiger partial charge in [-0.2, -0.15) is 0 Å². The van der Waals surface area contributed by atoms with E-state index >= 15 is 0 Å². The molecule has 0 N–H and O–H groups in total. The van der Waals surface area contributed by atoms with Crippen molar-refractivity contribution < 1.29 is 0 Å². The zero-order valence-corrected chi connectivity index (χ0v) is 11.4. The van der Waals surface area contributed by atoms with Gasteiger partial charge in [-0.05, 0) is 36.8 Å². The number of thioether (sulfide) groups is 1. The monoisotopic (exact) mass is 248 g/mol. The van der Waals surface area contributed by atoms with Gasteiger partial charge >= 0.3 is 0 Å². The summed E-state index contributed by atoms with van der Waals surface area (Å²) in [5.41, 5.74) is 0. The van der Waals surface area contributed by atoms with Crippen molar-refractivity contribution >= 4 is 17.6 Å². The Kier molecular flexibility index (Phi) is 3.03. The Balaban J connectivity index is 1.83. The molecule has 92 valence electrons. The van der Waals surface area contributed by atoms with E-state index < -0.39 is 0 Å². The fraction of sp³-hybridized carbons (Fsp3) is 0.643. The first-order chi connectivity index (χ1) is 8.25. The predicted octanol–water partition coefficient (Wildman–Crippen LogP) is 3.43. The van der Waals surface area contributed by atoms with Gasteiger partial charge in [-0.3, -0.25) is 0 Å². The fourth-order valence-corrected chi connectivity index (χ4v) is 4.18. The number of hydrogen-bond acceptors (Lipinski definition) is 3. The van der Waals surface area contributed by atoms with Gasteiger partial charge < -0.3 is 4.90 Å². The summed E-state index contributed by atoms with van der Waals surface area (Å²) in [4.78, 5) is 8.49. The average molecular weight is 248 g/mol. The van der Waals surface area contributed by atoms with Crippen LogP contribution in [-0.4, -0.2) is 23.3 Å². The summed E-state index contributed by atoms with van der Waals surface area (Å²) in [5.74, 6) is 4.20. The second-order valence-electron chi connectivity index (χ2n) is 5.51. The van der Waals surface area contributed by atoms with Gasteiger partial charge in [0.15, 0.2) is 0 Å². The number of aromatic nitrogens is 1. The molecule has 0 spiro atoms. The molecule has 17 heavy (non-hydrogen) atoms. The normalized spacial score (nSPS) is 27.8. The Hall–Kier alpha value is -0.700. The standard InChI is InChI=1S/C14H20N2S/c1-10(2)11-5-7-16-12(8-11)9-17-13-4-3-6-15-14(13)16/h3-4,6,10-12H,5,7-9H2,1-2H3/t11?,12-/m0/s1. The van der Waals surface area contributed by atoms with Crippen molar-refractivity contribution in [1.29, 1.82) is 0 Å². The summed E-state index contributed by atoms with van der Waals surface area (Å²) in [6, 6.07) is 4.97. The summed E-state index contributed by atoms with van der Waals surface area (Å²) < 4.78 is 0. The smallest absolute Gasteiger partial charge is 0.142 e. The highest BCUT2D eigenvalue weighted by molar-refractivity contribution is 7.99. The van der Waals surface area contributed by atoms with Gasteiger partial charge in [0.25, 0.3) is 0 Å². The van der Waals surface area contributed by atoms with Crippen molar-refractivity contribution in [3.8, 4) is 0 Å². The topological polar surface area (TPSA) is 16.1 Å². The SMILES string of the molecule is CC(C)C1CCN2c3ncccc3SC[C@@H]2C1. The first-order valence-corrected chi connectivity index (χ1v) is 7.58. The minimum atomic E-state index is 0.712. The Labute approximate surface area is 108 Å². The maximum absolute atomic E-state index is 4.58. The van der Waals surface area contributed by atoms with Gasteiger partial charge in [0.2, 0.25) is 0 Å². The van der Waals surface area contributed by atoms with E-state index in [-0.39, 0.29) is 0 Å². The number of anilines is 1. The summed E-state index contributed by atoms with van der Waals surface area (Å²) in [6.45, 7) is 5.92. The zero-order chi connectivity index (χ0) is 11.8. The number of fused-ring (bicyclic) bond motifs is 3. The van der Waals surface area contributed by atoms with E-state index in [1.807, 2.05) is 24.0 Å². The quantitative estimate of drug-likeness (QED) is 0.757. The number of rotatable bonds is 1. The second-order valence-corrected chi connectivity index (χ2v) is 6.57. The first-order valence-electron chi connectivity index (χ1n) is 6.60. The molecular formula is C14H20N2S. The van der Waals surface area contributed by atoms with Crippen LogP contribution in [0.4, 0.5) is 5.82 Å². The van der Waals surface area contributed by atoms with Crippen LogP contribution in [0.1, 0.15) is 26.7 Å². The van der Waals surface area contributed by atoms with Crippen molar-refractivity contribution in [1.82, 2.24) is 4.98 Å². The first kappa shape index (κ1) is 11.4. The van der Waals surface area contributed by atoms with E-state index in [1.54, 1.807) is 0 Å². The van der Waals surface area contributed by atoms with E-state index in [2.05, 4.69) is 29.8 Å². The molecule has 2 aliphatic rings. The van der Waals surface area contributed by atoms with Crippen molar-refractivity contribution in [2.24, 2.45) is 11.8 Å². The van der Waals surface area contributed by atoms with E-state index in [0.29, 0.717) is 6.04 Å². The van der Waals surface area contributed by atoms with Gasteiger partial charge in [-0.15, -0.1) is 11.8 Å². The molecule has 0 amide bonds. The lowest BCUT2D eigenvalue weighted by atomic mass is 9.83. The van der Waals surface area contributed by atoms with E-state index in [0.717, 1.165) is 11.8 Å². The van der Waals surface area contributed by atoms with Crippen LogP contribution in [0.25, 0.3) is 0 Å². The molecule has 1 saturated heterocycles. The van der Waals surface area contributed by atoms with Gasteiger partial charge in [-0.25, -0.2) is 4.98 Å². The molecule has 2 nitrogen and oxygen atoms in total. The molecule has 3 heteroatoms. The molecule has 0 radical (unpaired) electrons. The van der Waals surface area contributed by atoms with Crippen molar-refractivity contribution in [2.45, 2.75) is 37.6 Å². The molecule has 2 atom stereocenters. The lowest BCUT2D eigenvalue weighted by Crippen LogP contribution is -2.47. The lowest BCUT2D eigenvalue weighted by Gasteiger charge is -2.44. The minimum Gasteiger partial charge on any atom is -0.352 e. The molecule has 0 bridgehead atoms. The van der Waals surface area contributed by atoms with Gasteiger partial charge in [0.05, 0.1) is 4.90 Å². The molecule has 0 aromatic carbocycles. The number of piperidine rings is 1. The van der Waals surface area contributed by atoms with Crippen molar-refractivity contribution in [3.63, 3.8) is 0 Å². The van der Waals surface area contributed by atoms with E-state index in [1.165, 1.54) is 35.9 Å². The second kappa shape index (κ2) is 4.52. The summed E-state index contributed by atoms with van der Waals surface area (Å²) in [5, 5.41) is 0. The highest BCUT2D eigenvalue weighted by atomic mass is 32.2. The van der Waals surface area contributed by atoms with Crippen LogP contribution in [0.15, 0.2) is 23.2 Å². The molecule has 2 aliphatic heterocycles. The van der Waals surface area contributed by atoms with E-state index in [9.17, 15) is 0 Å². The fourth-order valence-electron chi connectivity index (χ4n) is 3.02. The molecule has 3 rings (SSSR count). The maximum atomic E-state index is 4.58. The third-order valence-electron chi connectivity index (χ3n) is 4.15. The highest BCUT2D eigenvalue weighted by Gasteiger charge is 2.34. The minimum absolute atomic E-state index is 0.712. The molecule has 1 aromatic rings. The van der Waals surface area contributed by atoms with Crippen LogP contribution in [0, 0.1) is 11.8 Å². The third-order valence-corrected chi connectivity index (χ3v) is 5.33. The van der Waals surface area contributed by atoms with Crippen LogP contribution >= 0.6 is 11.8 Å². The molecule has 1 aromatic heterocycles. The number of pyridine rings is 1. The molecule has 1 unspecified atom stereocenters. The molecular weight excluding hydrogens is 228 g/mol. The van der Waals surface area contributed by atoms with Gasteiger partial charge in [0, 0.05) is 24.5 Å². The zero-order valence-electron chi connectivity index (χ0n) is 10.6. The molecule has 0 aliphatic carbocycles. The molecule has 0 saturated carbocycles. The van der Waals surface area contributed by atoms with Gasteiger partial charge in [0.1, 0.15) is 5.82 Å². The number of hydrogen-bond donors (Lipinski definition) is 0. The average Bonchev–Trinajstić information content (AvgIpc) is 2.38. The molecule has 3 heterocycles. The van der Waals surface area contributed by atoms with Crippen LogP contribution in [0.3, 0.4) is 0 Å². The predicted molar refractivity (Wildman–Crippen MR) is 73.7 cm³/mol. The summed E-state index contributed by atoms with van der Waals surface area (Å²) >= 11 is 1.98. The summed E-state index contributed by atoms with van der Waals surface area (Å²) in [6.07, 6.45) is 4.60. The molecule has 1 fully saturated rings. The van der Waals surface area contributed by atoms with Crippen LogP contribution in [0.2, 0.25) is 0 Å². The Morgan fingerprint density at radius 3 is 3.18 bits per heavy atom. The Bertz CT molecular complexity index is 405. The van der Waals surface area contributed by atoms with Gasteiger partial charge in [-0.1, -0.05) is 13.8 Å². The Morgan fingerprint density at radius 2 is 2.35 bits per heavy atom. The highest BCUT2D eigenvalue weighted by Crippen LogP contribution is 2.41. The lowest BCUT2D eigenvalue weighted by molar-refractivity contribution is 0.277. The Morgan fingerprint density at radius 1 is 1.47 bits per heavy atom. The van der Waals surface area contributed by atoms with Crippen molar-refractivity contribution in [2.75, 3.05) is 17.2 Å². The van der Waals surface area contributed by atoms with Crippen LogP contribution in [-0.2, 0) is 0 Å². The summed E-state index contributed by atoms with van der Waals surface area (Å²) in [7, 11) is 0. The largest absolute Gasteiger partial charge is 0.352 e. The maximum Gasteiger partial charge on any atom is 0.142 e. The number of nitrogens with zero attached hydrogens (tertiary/aromatic N) is 2. The third kappa shape index (κ3) is 2.05.